The first-order valence-corrected chi connectivity index (χ1v) is 10.7. The van der Waals surface area contributed by atoms with Crippen LogP contribution in [0, 0.1) is 0 Å². The summed E-state index contributed by atoms with van der Waals surface area (Å²) in [6, 6.07) is 24.7. The summed E-state index contributed by atoms with van der Waals surface area (Å²) >= 11 is 5.37. The van der Waals surface area contributed by atoms with Gasteiger partial charge in [-0.2, -0.15) is 0 Å². The second-order valence-corrected chi connectivity index (χ2v) is 8.81. The van der Waals surface area contributed by atoms with Crippen LogP contribution in [-0.4, -0.2) is 11.6 Å². The Morgan fingerprint density at radius 2 is 1.86 bits per heavy atom. The normalized spacial score (nSPS) is 15.9. The third kappa shape index (κ3) is 4.37. The predicted octanol–water partition coefficient (Wildman–Crippen LogP) is 6.77. The highest BCUT2D eigenvalue weighted by atomic mass is 79.9. The van der Waals surface area contributed by atoms with Gasteiger partial charge in [-0.3, -0.25) is 9.79 Å². The third-order valence-corrected chi connectivity index (χ3v) is 6.38. The van der Waals surface area contributed by atoms with E-state index in [0.29, 0.717) is 0 Å². The molecule has 3 nitrogen and oxygen atoms in total. The summed E-state index contributed by atoms with van der Waals surface area (Å²) in [5.41, 5.74) is 5.11. The van der Waals surface area contributed by atoms with Crippen molar-refractivity contribution in [3.63, 3.8) is 0 Å². The quantitative estimate of drug-likeness (QED) is 0.478. The monoisotopic (exact) mass is 450 g/mol. The molecule has 4 rings (SSSR count). The zero-order valence-electron chi connectivity index (χ0n) is 15.4. The van der Waals surface area contributed by atoms with Crippen molar-refractivity contribution in [1.82, 2.24) is 0 Å². The van der Waals surface area contributed by atoms with E-state index in [9.17, 15) is 4.79 Å². The van der Waals surface area contributed by atoms with Gasteiger partial charge in [-0.15, -0.1) is 11.8 Å². The Morgan fingerprint density at radius 3 is 2.64 bits per heavy atom. The van der Waals surface area contributed by atoms with Crippen molar-refractivity contribution in [2.45, 2.75) is 23.5 Å². The number of anilines is 1. The highest BCUT2D eigenvalue weighted by molar-refractivity contribution is 9.10. The molecule has 3 aromatic carbocycles. The first-order chi connectivity index (χ1) is 13.6. The van der Waals surface area contributed by atoms with Crippen molar-refractivity contribution in [2.24, 2.45) is 4.99 Å². The molecule has 0 spiro atoms. The van der Waals surface area contributed by atoms with E-state index < -0.39 is 0 Å². The Bertz CT molecular complexity index is 1050. The zero-order chi connectivity index (χ0) is 19.5. The summed E-state index contributed by atoms with van der Waals surface area (Å²) < 4.78 is 1.08. The summed E-state index contributed by atoms with van der Waals surface area (Å²) in [5.74, 6) is -0.0754. The standard InChI is InChI=1S/C23H19BrN2OS/c1-15(27)25-19-6-4-5-17(13-19)21-14-23(16-9-11-18(24)12-10-16)28-22-8-3-2-7-20(22)26-21/h2-13,23H,14H2,1H3,(H,25,27)/t23-/m1/s1. The number of para-hydroxylation sites is 1. The molecule has 0 fully saturated rings. The van der Waals surface area contributed by atoms with Crippen LogP contribution in [0.1, 0.15) is 29.7 Å². The number of hydrogen-bond acceptors (Lipinski definition) is 3. The minimum Gasteiger partial charge on any atom is -0.326 e. The number of hydrogen-bond donors (Lipinski definition) is 1. The Balaban J connectivity index is 1.76. The maximum absolute atomic E-state index is 11.4. The van der Waals surface area contributed by atoms with E-state index >= 15 is 0 Å². The summed E-state index contributed by atoms with van der Waals surface area (Å²) in [6.07, 6.45) is 0.810. The summed E-state index contributed by atoms with van der Waals surface area (Å²) in [4.78, 5) is 17.6. The van der Waals surface area contributed by atoms with Crippen LogP contribution in [0.2, 0.25) is 0 Å². The number of nitrogens with zero attached hydrogens (tertiary/aromatic N) is 1. The summed E-state index contributed by atoms with van der Waals surface area (Å²) in [7, 11) is 0. The fraction of sp³-hybridized carbons (Fsp3) is 0.130. The van der Waals surface area contributed by atoms with E-state index in [-0.39, 0.29) is 11.2 Å². The second kappa shape index (κ2) is 8.33. The minimum absolute atomic E-state index is 0.0754. The van der Waals surface area contributed by atoms with Crippen molar-refractivity contribution in [3.8, 4) is 0 Å². The van der Waals surface area contributed by atoms with Gasteiger partial charge in [0.1, 0.15) is 0 Å². The number of rotatable bonds is 3. The van der Waals surface area contributed by atoms with Crippen LogP contribution in [0.15, 0.2) is 87.2 Å². The Morgan fingerprint density at radius 1 is 1.07 bits per heavy atom. The van der Waals surface area contributed by atoms with Crippen molar-refractivity contribution in [1.29, 1.82) is 0 Å². The average molecular weight is 451 g/mol. The lowest BCUT2D eigenvalue weighted by Crippen LogP contribution is -2.08. The van der Waals surface area contributed by atoms with Crippen LogP contribution in [0.25, 0.3) is 0 Å². The zero-order valence-corrected chi connectivity index (χ0v) is 17.8. The molecule has 0 bridgehead atoms. The highest BCUT2D eigenvalue weighted by Gasteiger charge is 2.22. The van der Waals surface area contributed by atoms with Gasteiger partial charge in [-0.25, -0.2) is 0 Å². The maximum Gasteiger partial charge on any atom is 0.221 e. The van der Waals surface area contributed by atoms with E-state index in [1.807, 2.05) is 36.0 Å². The lowest BCUT2D eigenvalue weighted by atomic mass is 10.0. The molecule has 0 unspecified atom stereocenters. The molecule has 1 N–H and O–H groups in total. The number of carbonyl (C=O) groups is 1. The van der Waals surface area contributed by atoms with E-state index in [4.69, 9.17) is 4.99 Å². The second-order valence-electron chi connectivity index (χ2n) is 6.65. The van der Waals surface area contributed by atoms with Crippen molar-refractivity contribution < 1.29 is 4.79 Å². The SMILES string of the molecule is CC(=O)Nc1cccc(C2=Nc3ccccc3S[C@@H](c3ccc(Br)cc3)C2)c1. The first kappa shape index (κ1) is 19.0. The third-order valence-electron chi connectivity index (χ3n) is 4.53. The molecule has 1 amide bonds. The minimum atomic E-state index is -0.0754. The fourth-order valence-corrected chi connectivity index (χ4v) is 4.73. The Kier molecular flexibility index (Phi) is 5.64. The number of halogens is 1. The van der Waals surface area contributed by atoms with Gasteiger partial charge in [-0.05, 0) is 47.5 Å². The van der Waals surface area contributed by atoms with Gasteiger partial charge in [0.2, 0.25) is 5.91 Å². The van der Waals surface area contributed by atoms with Gasteiger partial charge in [-0.1, -0.05) is 52.3 Å². The van der Waals surface area contributed by atoms with E-state index in [2.05, 4.69) is 69.8 Å². The predicted molar refractivity (Wildman–Crippen MR) is 121 cm³/mol. The topological polar surface area (TPSA) is 41.5 Å². The molecule has 1 heterocycles. The molecule has 3 aromatic rings. The van der Waals surface area contributed by atoms with Crippen LogP contribution in [0.5, 0.6) is 0 Å². The number of amides is 1. The van der Waals surface area contributed by atoms with Gasteiger partial charge >= 0.3 is 0 Å². The largest absolute Gasteiger partial charge is 0.326 e. The number of carbonyl (C=O) groups excluding carboxylic acids is 1. The fourth-order valence-electron chi connectivity index (χ4n) is 3.24. The molecular weight excluding hydrogens is 432 g/mol. The molecule has 0 saturated carbocycles. The molecule has 5 heteroatoms. The van der Waals surface area contributed by atoms with Gasteiger partial charge < -0.3 is 5.32 Å². The number of thioether (sulfide) groups is 1. The maximum atomic E-state index is 11.4. The summed E-state index contributed by atoms with van der Waals surface area (Å²) in [5, 5.41) is 3.13. The van der Waals surface area contributed by atoms with Gasteiger partial charge in [0, 0.05) is 39.4 Å². The molecular formula is C23H19BrN2OS. The molecule has 0 saturated heterocycles. The number of benzene rings is 3. The smallest absolute Gasteiger partial charge is 0.221 e. The van der Waals surface area contributed by atoms with Crippen molar-refractivity contribution in [2.75, 3.05) is 5.32 Å². The summed E-state index contributed by atoms with van der Waals surface area (Å²) in [6.45, 7) is 1.52. The molecule has 0 aliphatic carbocycles. The highest BCUT2D eigenvalue weighted by Crippen LogP contribution is 2.45. The molecule has 0 radical (unpaired) electrons. The van der Waals surface area contributed by atoms with Crippen LogP contribution in [0.4, 0.5) is 11.4 Å². The van der Waals surface area contributed by atoms with Crippen LogP contribution >= 0.6 is 27.7 Å². The Labute approximate surface area is 177 Å². The number of nitrogens with one attached hydrogen (secondary N) is 1. The van der Waals surface area contributed by atoms with E-state index in [1.54, 1.807) is 0 Å². The Hall–Kier alpha value is -2.37. The van der Waals surface area contributed by atoms with Gasteiger partial charge in [0.15, 0.2) is 0 Å². The number of aliphatic imine (C=N–C) groups is 1. The number of fused-ring (bicyclic) bond motifs is 1. The molecule has 28 heavy (non-hydrogen) atoms. The van der Waals surface area contributed by atoms with Gasteiger partial charge in [0.05, 0.1) is 5.69 Å². The van der Waals surface area contributed by atoms with Gasteiger partial charge in [0.25, 0.3) is 0 Å². The lowest BCUT2D eigenvalue weighted by Gasteiger charge is -2.16. The lowest BCUT2D eigenvalue weighted by molar-refractivity contribution is -0.114. The molecule has 1 aliphatic heterocycles. The van der Waals surface area contributed by atoms with Crippen molar-refractivity contribution in [3.05, 3.63) is 88.4 Å². The molecule has 1 aliphatic rings. The van der Waals surface area contributed by atoms with E-state index in [0.717, 1.165) is 33.5 Å². The molecule has 0 aromatic heterocycles. The van der Waals surface area contributed by atoms with E-state index in [1.165, 1.54) is 17.4 Å². The van der Waals surface area contributed by atoms with Crippen LogP contribution in [-0.2, 0) is 4.79 Å². The molecule has 1 atom stereocenters. The van der Waals surface area contributed by atoms with Crippen LogP contribution in [0.3, 0.4) is 0 Å². The van der Waals surface area contributed by atoms with Crippen LogP contribution < -0.4 is 5.32 Å². The first-order valence-electron chi connectivity index (χ1n) is 9.05. The molecule has 140 valence electrons. The average Bonchev–Trinajstić information content (AvgIpc) is 2.88. The van der Waals surface area contributed by atoms with Crippen molar-refractivity contribution >= 4 is 50.7 Å².